The molecule has 1 aromatic heterocycles. The van der Waals surface area contributed by atoms with Crippen molar-refractivity contribution in [2.75, 3.05) is 0 Å². The number of nitrogens with zero attached hydrogens (tertiary/aromatic N) is 3. The Bertz CT molecular complexity index is 3050. The molecular formula is C54H33N3S. The average molecular weight is 756 g/mol. The molecule has 0 unspecified atom stereocenters. The van der Waals surface area contributed by atoms with E-state index in [2.05, 4.69) is 176 Å². The highest BCUT2D eigenvalue weighted by molar-refractivity contribution is 7.99. The smallest absolute Gasteiger partial charge is 0.160 e. The van der Waals surface area contributed by atoms with Crippen molar-refractivity contribution < 1.29 is 0 Å². The molecule has 0 saturated heterocycles. The summed E-state index contributed by atoms with van der Waals surface area (Å²) in [6.45, 7) is 0. The molecule has 4 heteroatoms. The Kier molecular flexibility index (Phi) is 8.03. The molecule has 1 aliphatic carbocycles. The first kappa shape index (κ1) is 34.0. The van der Waals surface area contributed by atoms with Crippen LogP contribution < -0.4 is 0 Å². The fourth-order valence-corrected chi connectivity index (χ4v) is 10.1. The number of hydrogen-bond donors (Lipinski definition) is 0. The fourth-order valence-electron chi connectivity index (χ4n) is 8.93. The maximum atomic E-state index is 10.1. The summed E-state index contributed by atoms with van der Waals surface area (Å²) < 4.78 is 0. The first-order valence-corrected chi connectivity index (χ1v) is 20.3. The Morgan fingerprint density at radius 2 is 0.879 bits per heavy atom. The van der Waals surface area contributed by atoms with E-state index in [1.807, 2.05) is 42.1 Å². The predicted molar refractivity (Wildman–Crippen MR) is 235 cm³/mol. The fraction of sp³-hybridized carbons (Fsp3) is 0.0185. The molecule has 270 valence electrons. The van der Waals surface area contributed by atoms with Gasteiger partial charge < -0.3 is 0 Å². The third kappa shape index (κ3) is 5.44. The Hall–Kier alpha value is -7.32. The zero-order valence-corrected chi connectivity index (χ0v) is 32.1. The molecule has 0 atom stereocenters. The van der Waals surface area contributed by atoms with Gasteiger partial charge in [0.15, 0.2) is 5.82 Å². The molecule has 1 aliphatic heterocycles. The number of aromatic nitrogens is 2. The van der Waals surface area contributed by atoms with Crippen molar-refractivity contribution in [1.82, 2.24) is 9.97 Å². The molecule has 9 aromatic rings. The summed E-state index contributed by atoms with van der Waals surface area (Å²) in [5, 5.41) is 10.1. The minimum Gasteiger partial charge on any atom is -0.228 e. The van der Waals surface area contributed by atoms with E-state index in [9.17, 15) is 5.26 Å². The lowest BCUT2D eigenvalue weighted by molar-refractivity contribution is 0.722. The van der Waals surface area contributed by atoms with Gasteiger partial charge in [-0.25, -0.2) is 9.97 Å². The number of nitriles is 1. The molecule has 0 saturated carbocycles. The maximum absolute atomic E-state index is 10.1. The van der Waals surface area contributed by atoms with Crippen LogP contribution in [-0.4, -0.2) is 9.97 Å². The van der Waals surface area contributed by atoms with Gasteiger partial charge in [0, 0.05) is 26.5 Å². The highest BCUT2D eigenvalue weighted by Gasteiger charge is 2.50. The van der Waals surface area contributed by atoms with E-state index in [0.29, 0.717) is 11.4 Å². The van der Waals surface area contributed by atoms with E-state index in [1.165, 1.54) is 48.7 Å². The summed E-state index contributed by atoms with van der Waals surface area (Å²) in [7, 11) is 0. The van der Waals surface area contributed by atoms with Crippen LogP contribution in [0.1, 0.15) is 27.8 Å². The van der Waals surface area contributed by atoms with Gasteiger partial charge in [0.2, 0.25) is 0 Å². The van der Waals surface area contributed by atoms with Crippen LogP contribution in [-0.2, 0) is 5.41 Å². The van der Waals surface area contributed by atoms with E-state index in [4.69, 9.17) is 9.97 Å². The van der Waals surface area contributed by atoms with Crippen molar-refractivity contribution in [3.05, 3.63) is 228 Å². The first-order valence-electron chi connectivity index (χ1n) is 19.4. The van der Waals surface area contributed by atoms with Crippen LogP contribution in [0.4, 0.5) is 0 Å². The highest BCUT2D eigenvalue weighted by Crippen LogP contribution is 2.62. The molecule has 1 spiro atoms. The molecule has 8 aromatic carbocycles. The summed E-state index contributed by atoms with van der Waals surface area (Å²) in [5.74, 6) is 0.687. The van der Waals surface area contributed by atoms with Crippen LogP contribution in [0.15, 0.2) is 210 Å². The summed E-state index contributed by atoms with van der Waals surface area (Å²) >= 11 is 1.82. The Balaban J connectivity index is 1.06. The highest BCUT2D eigenvalue weighted by atomic mass is 32.2. The van der Waals surface area contributed by atoms with E-state index < -0.39 is 5.41 Å². The normalized spacial score (nSPS) is 12.9. The van der Waals surface area contributed by atoms with Crippen molar-refractivity contribution in [3.8, 4) is 73.4 Å². The average Bonchev–Trinajstić information content (AvgIpc) is 3.58. The third-order valence-corrected chi connectivity index (χ3v) is 12.8. The van der Waals surface area contributed by atoms with E-state index >= 15 is 0 Å². The van der Waals surface area contributed by atoms with Gasteiger partial charge in [-0.3, -0.25) is 0 Å². The van der Waals surface area contributed by atoms with Crippen molar-refractivity contribution in [1.29, 1.82) is 5.26 Å². The van der Waals surface area contributed by atoms with Crippen molar-refractivity contribution in [2.24, 2.45) is 0 Å². The molecule has 2 heterocycles. The van der Waals surface area contributed by atoms with Gasteiger partial charge in [0.25, 0.3) is 0 Å². The topological polar surface area (TPSA) is 49.6 Å². The van der Waals surface area contributed by atoms with Gasteiger partial charge in [-0.15, -0.1) is 0 Å². The third-order valence-electron chi connectivity index (χ3n) is 11.6. The second-order valence-corrected chi connectivity index (χ2v) is 15.9. The number of rotatable bonds is 5. The van der Waals surface area contributed by atoms with E-state index in [-0.39, 0.29) is 0 Å². The van der Waals surface area contributed by atoms with Gasteiger partial charge in [0.05, 0.1) is 28.4 Å². The molecule has 2 aliphatic rings. The molecule has 58 heavy (non-hydrogen) atoms. The van der Waals surface area contributed by atoms with Gasteiger partial charge in [-0.2, -0.15) is 5.26 Å². The van der Waals surface area contributed by atoms with Gasteiger partial charge in [0.1, 0.15) is 0 Å². The SMILES string of the molecule is N#Cc1ccc2c(c1)C1(c3ccccc3Sc3ccccc31)c1cc(-c3cccc(-c4cc(-c5ccc(-c6ccccc6)cc5)nc(-c5ccccc5)n4)c3)ccc1-2. The molecule has 3 nitrogen and oxygen atoms in total. The Morgan fingerprint density at radius 1 is 0.379 bits per heavy atom. The minimum atomic E-state index is -0.578. The minimum absolute atomic E-state index is 0.578. The maximum Gasteiger partial charge on any atom is 0.160 e. The molecular weight excluding hydrogens is 723 g/mol. The Labute approximate surface area is 342 Å². The summed E-state index contributed by atoms with van der Waals surface area (Å²) in [5.41, 5.74) is 16.7. The summed E-state index contributed by atoms with van der Waals surface area (Å²) in [4.78, 5) is 12.8. The second kappa shape index (κ2) is 13.7. The van der Waals surface area contributed by atoms with Crippen molar-refractivity contribution in [2.45, 2.75) is 15.2 Å². The summed E-state index contributed by atoms with van der Waals surface area (Å²) in [6, 6.07) is 73.2. The van der Waals surface area contributed by atoms with Crippen LogP contribution in [0.25, 0.3) is 67.3 Å². The summed E-state index contributed by atoms with van der Waals surface area (Å²) in [6.07, 6.45) is 0. The molecule has 0 bridgehead atoms. The van der Waals surface area contributed by atoms with Crippen molar-refractivity contribution in [3.63, 3.8) is 0 Å². The van der Waals surface area contributed by atoms with Crippen LogP contribution >= 0.6 is 11.8 Å². The lowest BCUT2D eigenvalue weighted by atomic mass is 9.67. The monoisotopic (exact) mass is 755 g/mol. The number of fused-ring (bicyclic) bond motifs is 9. The van der Waals surface area contributed by atoms with Gasteiger partial charge in [-0.1, -0.05) is 169 Å². The van der Waals surface area contributed by atoms with E-state index in [1.54, 1.807) is 0 Å². The van der Waals surface area contributed by atoms with Crippen LogP contribution in [0.3, 0.4) is 0 Å². The van der Waals surface area contributed by atoms with Crippen LogP contribution in [0.5, 0.6) is 0 Å². The molecule has 0 fully saturated rings. The largest absolute Gasteiger partial charge is 0.228 e. The standard InChI is InChI=1S/C54H33N3S/c55-34-35-22-28-43-44-29-27-41(32-48(44)54(47(43)30-35)45-18-7-9-20-51(45)58-52-21-10-8-19-46(52)54)40-16-11-17-42(31-40)50-33-49(56-53(57-50)39-14-5-2-6-15-39)38-25-23-37(24-26-38)36-12-3-1-4-13-36/h1-33H. The first-order chi connectivity index (χ1) is 28.7. The van der Waals surface area contributed by atoms with Crippen LogP contribution in [0.2, 0.25) is 0 Å². The quantitative estimate of drug-likeness (QED) is 0.175. The lowest BCUT2D eigenvalue weighted by Crippen LogP contribution is -2.32. The van der Waals surface area contributed by atoms with E-state index in [0.717, 1.165) is 44.8 Å². The molecule has 11 rings (SSSR count). The van der Waals surface area contributed by atoms with Crippen LogP contribution in [0, 0.1) is 11.3 Å². The lowest BCUT2D eigenvalue weighted by Gasteiger charge is -2.39. The molecule has 0 amide bonds. The second-order valence-electron chi connectivity index (χ2n) is 14.8. The van der Waals surface area contributed by atoms with Crippen molar-refractivity contribution >= 4 is 11.8 Å². The number of benzene rings is 8. The number of hydrogen-bond acceptors (Lipinski definition) is 4. The molecule has 0 radical (unpaired) electrons. The zero-order valence-electron chi connectivity index (χ0n) is 31.3. The molecule has 0 N–H and O–H groups in total. The zero-order chi connectivity index (χ0) is 38.6. The predicted octanol–water partition coefficient (Wildman–Crippen LogP) is 13.5. The van der Waals surface area contributed by atoms with Gasteiger partial charge >= 0.3 is 0 Å². The Morgan fingerprint density at radius 3 is 1.57 bits per heavy atom. The van der Waals surface area contributed by atoms with Gasteiger partial charge in [-0.05, 0) is 98.1 Å².